The van der Waals surface area contributed by atoms with Gasteiger partial charge >= 0.3 is 12.5 Å². The third kappa shape index (κ3) is 9.42. The second-order valence-electron chi connectivity index (χ2n) is 9.94. The van der Waals surface area contributed by atoms with Crippen molar-refractivity contribution in [3.63, 3.8) is 0 Å². The third-order valence-corrected chi connectivity index (χ3v) is 6.69. The molecule has 6 rings (SSSR count). The summed E-state index contributed by atoms with van der Waals surface area (Å²) in [6.07, 6.45) is -9.07. The molecule has 0 aromatic heterocycles. The maximum absolute atomic E-state index is 12.7. The smallest absolute Gasteiger partial charge is 0.463 e. The molecule has 3 unspecified atom stereocenters. The van der Waals surface area contributed by atoms with E-state index < -0.39 is 24.1 Å². The van der Waals surface area contributed by atoms with E-state index in [1.165, 1.54) is 53.6 Å². The molecule has 16 heteroatoms. The Kier molecular flexibility index (Phi) is 10.5. The predicted octanol–water partition coefficient (Wildman–Crippen LogP) is 5.44. The molecule has 3 heterocycles. The molecule has 3 aliphatic heterocycles. The molecular weight excluding hydrogens is 622 g/mol. The highest BCUT2D eigenvalue weighted by Crippen LogP contribution is 2.36. The number of hydrogen-bond donors (Lipinski definition) is 3. The first-order chi connectivity index (χ1) is 21.7. The van der Waals surface area contributed by atoms with E-state index in [9.17, 15) is 26.3 Å². The number of halogens is 6. The Morgan fingerprint density at radius 3 is 1.54 bits per heavy atom. The molecule has 3 aromatic carbocycles. The van der Waals surface area contributed by atoms with Gasteiger partial charge in [-0.05, 0) is 47.4 Å². The Labute approximate surface area is 259 Å². The summed E-state index contributed by atoms with van der Waals surface area (Å²) in [5.41, 5.74) is 18.6. The normalized spacial score (nSPS) is 20.3. The van der Waals surface area contributed by atoms with Crippen LogP contribution in [0.2, 0.25) is 0 Å². The number of benzene rings is 3. The minimum atomic E-state index is -4.68. The van der Waals surface area contributed by atoms with Crippen LogP contribution in [-0.4, -0.2) is 44.2 Å². The monoisotopic (exact) mass is 652 g/mol. The van der Waals surface area contributed by atoms with E-state index in [-0.39, 0.29) is 42.0 Å². The quantitative estimate of drug-likeness (QED) is 0.317. The van der Waals surface area contributed by atoms with Crippen LogP contribution in [0.5, 0.6) is 5.75 Å². The van der Waals surface area contributed by atoms with Crippen LogP contribution in [0, 0.1) is 6.92 Å². The van der Waals surface area contributed by atoms with E-state index in [2.05, 4.69) is 38.8 Å². The Morgan fingerprint density at radius 1 is 0.630 bits per heavy atom. The van der Waals surface area contributed by atoms with Crippen LogP contribution >= 0.6 is 0 Å². The molecule has 0 aliphatic carbocycles. The van der Waals surface area contributed by atoms with Crippen molar-refractivity contribution in [2.45, 2.75) is 37.6 Å². The Morgan fingerprint density at radius 2 is 1.09 bits per heavy atom. The number of hydrogen-bond acceptors (Lipinski definition) is 10. The zero-order chi connectivity index (χ0) is 33.5. The average Bonchev–Trinajstić information content (AvgIpc) is 3.74. The third-order valence-electron chi connectivity index (χ3n) is 6.69. The van der Waals surface area contributed by atoms with E-state index in [0.717, 1.165) is 11.6 Å². The summed E-state index contributed by atoms with van der Waals surface area (Å²) in [7, 11) is 0. The molecular formula is C30H30F6N6O4. The van der Waals surface area contributed by atoms with Crippen molar-refractivity contribution in [2.75, 3.05) is 19.8 Å². The fourth-order valence-electron chi connectivity index (χ4n) is 4.56. The van der Waals surface area contributed by atoms with Crippen LogP contribution in [0.3, 0.4) is 0 Å². The number of aliphatic imine (C=N–C) groups is 3. The van der Waals surface area contributed by atoms with Crippen molar-refractivity contribution >= 4 is 18.1 Å². The molecule has 0 saturated carbocycles. The van der Waals surface area contributed by atoms with Crippen molar-refractivity contribution < 1.29 is 45.3 Å². The molecule has 10 nitrogen and oxygen atoms in total. The fraction of sp³-hybridized carbons (Fsp3) is 0.300. The molecule has 0 spiro atoms. The molecule has 6 N–H and O–H groups in total. The van der Waals surface area contributed by atoms with Crippen molar-refractivity contribution in [3.05, 3.63) is 101 Å². The minimum Gasteiger partial charge on any atom is -0.463 e. The lowest BCUT2D eigenvalue weighted by atomic mass is 10.0. The van der Waals surface area contributed by atoms with E-state index >= 15 is 0 Å². The van der Waals surface area contributed by atoms with E-state index in [0.29, 0.717) is 19.2 Å². The zero-order valence-corrected chi connectivity index (χ0v) is 24.3. The summed E-state index contributed by atoms with van der Waals surface area (Å²) < 4.78 is 92.4. The Balaban J connectivity index is 0.000000158. The molecule has 246 valence electrons. The fourth-order valence-corrected chi connectivity index (χ4v) is 4.56. The first-order valence-electron chi connectivity index (χ1n) is 13.6. The number of nitrogens with two attached hydrogens (primary N) is 3. The van der Waals surface area contributed by atoms with Crippen molar-refractivity contribution in [3.8, 4) is 5.75 Å². The number of ether oxygens (including phenoxy) is 4. The van der Waals surface area contributed by atoms with Crippen LogP contribution in [0.15, 0.2) is 87.8 Å². The summed E-state index contributed by atoms with van der Waals surface area (Å²) in [5, 5.41) is 0. The van der Waals surface area contributed by atoms with Crippen LogP contribution in [0.4, 0.5) is 26.3 Å². The molecule has 0 fully saturated rings. The van der Waals surface area contributed by atoms with Gasteiger partial charge in [-0.3, -0.25) is 0 Å². The first-order valence-corrected chi connectivity index (χ1v) is 13.6. The predicted molar refractivity (Wildman–Crippen MR) is 157 cm³/mol. The average molecular weight is 653 g/mol. The number of rotatable bonds is 4. The lowest BCUT2D eigenvalue weighted by molar-refractivity contribution is -0.274. The van der Waals surface area contributed by atoms with E-state index in [1.807, 2.05) is 12.1 Å². The van der Waals surface area contributed by atoms with Gasteiger partial charge in [0.25, 0.3) is 18.1 Å². The van der Waals surface area contributed by atoms with Crippen molar-refractivity contribution in [1.82, 2.24) is 0 Å². The van der Waals surface area contributed by atoms with Crippen LogP contribution in [0.25, 0.3) is 0 Å². The first kappa shape index (κ1) is 33.7. The molecule has 3 aliphatic rings. The van der Waals surface area contributed by atoms with Crippen molar-refractivity contribution in [2.24, 2.45) is 32.2 Å². The molecule has 3 aromatic rings. The Hall–Kier alpha value is -5.15. The van der Waals surface area contributed by atoms with Gasteiger partial charge in [-0.25, -0.2) is 15.0 Å². The van der Waals surface area contributed by atoms with Gasteiger partial charge in [0.1, 0.15) is 43.7 Å². The Bertz CT molecular complexity index is 1580. The van der Waals surface area contributed by atoms with Gasteiger partial charge in [-0.1, -0.05) is 54.6 Å². The van der Waals surface area contributed by atoms with E-state index in [4.69, 9.17) is 31.4 Å². The molecule has 3 atom stereocenters. The van der Waals surface area contributed by atoms with Crippen LogP contribution < -0.4 is 21.9 Å². The lowest BCUT2D eigenvalue weighted by Crippen LogP contribution is -2.17. The summed E-state index contributed by atoms with van der Waals surface area (Å²) in [4.78, 5) is 12.0. The van der Waals surface area contributed by atoms with Gasteiger partial charge in [0, 0.05) is 0 Å². The molecule has 46 heavy (non-hydrogen) atoms. The standard InChI is InChI=1S/C10H9F3N2O2.C10H9F3N2O.C10H12N2O/c11-10(12,13)17-7-3-1-6(2-4-7)8-5-16-9(14)15-8;11-10(12,13)7-4-2-1-3-6(7)8-5-16-9(14)15-8;1-7-4-2-3-5-8(7)9-6-13-10(11)12-9/h1-4,8H,5H2,(H2,14,15);1-4,8H,5H2,(H2,14,15);2-5,9H,6H2,1H3,(H2,11,12). The van der Waals surface area contributed by atoms with Crippen LogP contribution in [0.1, 0.15) is 45.9 Å². The number of nitrogens with zero attached hydrogens (tertiary/aromatic N) is 3. The number of amidine groups is 3. The highest BCUT2D eigenvalue weighted by atomic mass is 19.4. The minimum absolute atomic E-state index is 0.0545. The van der Waals surface area contributed by atoms with Crippen molar-refractivity contribution in [1.29, 1.82) is 0 Å². The molecule has 0 radical (unpaired) electrons. The second kappa shape index (κ2) is 14.3. The molecule has 0 saturated heterocycles. The summed E-state index contributed by atoms with van der Waals surface area (Å²) in [6.45, 7) is 2.99. The summed E-state index contributed by atoms with van der Waals surface area (Å²) in [5.74, 6) is -0.267. The largest absolute Gasteiger partial charge is 0.573 e. The van der Waals surface area contributed by atoms with Crippen LogP contribution in [-0.2, 0) is 20.4 Å². The number of alkyl halides is 6. The molecule has 0 bridgehead atoms. The summed E-state index contributed by atoms with van der Waals surface area (Å²) >= 11 is 0. The maximum atomic E-state index is 12.7. The van der Waals surface area contributed by atoms with Gasteiger partial charge in [-0.2, -0.15) is 13.2 Å². The zero-order valence-electron chi connectivity index (χ0n) is 24.3. The molecule has 0 amide bonds. The number of aryl methyl sites for hydroxylation is 1. The SMILES string of the molecule is Cc1ccccc1C1COC(N)=N1.NC1=NC(c2ccc(OC(F)(F)F)cc2)CO1.NC1=NC(c2ccccc2C(F)(F)F)CO1. The van der Waals surface area contributed by atoms with Gasteiger partial charge in [0.2, 0.25) is 0 Å². The van der Waals surface area contributed by atoms with Gasteiger partial charge in [0.15, 0.2) is 0 Å². The topological polar surface area (TPSA) is 152 Å². The second-order valence-corrected chi connectivity index (χ2v) is 9.94. The van der Waals surface area contributed by atoms with Gasteiger partial charge in [0.05, 0.1) is 5.56 Å². The maximum Gasteiger partial charge on any atom is 0.573 e. The van der Waals surface area contributed by atoms with Gasteiger partial charge < -0.3 is 36.1 Å². The lowest BCUT2D eigenvalue weighted by Gasteiger charge is -2.14. The van der Waals surface area contributed by atoms with Gasteiger partial charge in [-0.15, -0.1) is 13.2 Å². The highest BCUT2D eigenvalue weighted by molar-refractivity contribution is 5.74. The van der Waals surface area contributed by atoms with E-state index in [1.54, 1.807) is 0 Å². The highest BCUT2D eigenvalue weighted by Gasteiger charge is 2.36. The summed E-state index contributed by atoms with van der Waals surface area (Å²) in [6, 6.07) is 18.4.